The third-order valence-corrected chi connectivity index (χ3v) is 3.44. The van der Waals surface area contributed by atoms with Crippen molar-refractivity contribution in [2.45, 2.75) is 13.0 Å². The minimum Gasteiger partial charge on any atom is -0.382 e. The average Bonchev–Trinajstić information content (AvgIpc) is 2.71. The van der Waals surface area contributed by atoms with E-state index in [4.69, 9.17) is 11.1 Å². The zero-order chi connectivity index (χ0) is 13.3. The maximum atomic E-state index is 7.41. The third-order valence-electron chi connectivity index (χ3n) is 3.44. The number of likely N-dealkylation sites (N-methyl/N-ethyl adjacent to an activating group) is 1. The molecule has 0 radical (unpaired) electrons. The Morgan fingerprint density at radius 2 is 2.22 bits per heavy atom. The van der Waals surface area contributed by atoms with Gasteiger partial charge in [-0.3, -0.25) is 5.41 Å². The Morgan fingerprint density at radius 1 is 1.50 bits per heavy atom. The normalized spacial score (nSPS) is 23.7. The first-order valence-electron chi connectivity index (χ1n) is 6.08. The number of nitrogens with two attached hydrogens (primary N) is 1. The Kier molecular flexibility index (Phi) is 3.47. The summed E-state index contributed by atoms with van der Waals surface area (Å²) in [6.45, 7) is 4.08. The molecule has 98 valence electrons. The highest BCUT2D eigenvalue weighted by molar-refractivity contribution is 5.93. The van der Waals surface area contributed by atoms with Crippen molar-refractivity contribution >= 4 is 11.8 Å². The second kappa shape index (κ2) is 4.89. The first kappa shape index (κ1) is 12.8. The highest BCUT2D eigenvalue weighted by Gasteiger charge is 2.32. The molecule has 2 rings (SSSR count). The molecular formula is C12H20N6. The Morgan fingerprint density at radius 3 is 2.78 bits per heavy atom. The number of nitrogen functional groups attached to an aromatic ring is 1. The van der Waals surface area contributed by atoms with Gasteiger partial charge in [-0.25, -0.2) is 9.97 Å². The first-order valence-corrected chi connectivity index (χ1v) is 6.08. The summed E-state index contributed by atoms with van der Waals surface area (Å²) in [7, 11) is 4.19. The fraction of sp³-hybridized carbons (Fsp3) is 0.583. The number of rotatable bonds is 3. The molecule has 0 aliphatic carbocycles. The van der Waals surface area contributed by atoms with Gasteiger partial charge in [0.2, 0.25) is 5.95 Å². The molecule has 0 aromatic carbocycles. The van der Waals surface area contributed by atoms with E-state index in [9.17, 15) is 0 Å². The van der Waals surface area contributed by atoms with Crippen molar-refractivity contribution in [1.82, 2.24) is 14.9 Å². The molecule has 6 heteroatoms. The Bertz CT molecular complexity index is 444. The molecule has 1 aromatic rings. The van der Waals surface area contributed by atoms with Gasteiger partial charge >= 0.3 is 0 Å². The first-order chi connectivity index (χ1) is 8.49. The summed E-state index contributed by atoms with van der Waals surface area (Å²) in [5.74, 6) is 1.22. The lowest BCUT2D eigenvalue weighted by atomic mass is 10.1. The predicted octanol–water partition coefficient (Wildman–Crippen LogP) is 0.147. The van der Waals surface area contributed by atoms with Gasteiger partial charge < -0.3 is 15.5 Å². The standard InChI is InChI=1S/C12H20N6/c1-8-6-18(7-10(8)17(2)3)12-15-5-4-9(16-12)11(13)14/h4-5,8,10H,6-7H2,1-3H3,(H3,13,14). The van der Waals surface area contributed by atoms with Crippen LogP contribution in [0.4, 0.5) is 5.95 Å². The minimum absolute atomic E-state index is 0.0185. The summed E-state index contributed by atoms with van der Waals surface area (Å²) in [5, 5.41) is 7.41. The van der Waals surface area contributed by atoms with Crippen LogP contribution in [0, 0.1) is 11.3 Å². The van der Waals surface area contributed by atoms with Gasteiger partial charge in [0.25, 0.3) is 0 Å². The molecular weight excluding hydrogens is 228 g/mol. The van der Waals surface area contributed by atoms with Gasteiger partial charge in [0.05, 0.1) is 0 Å². The second-order valence-corrected chi connectivity index (χ2v) is 5.07. The van der Waals surface area contributed by atoms with Crippen LogP contribution in [0.5, 0.6) is 0 Å². The van der Waals surface area contributed by atoms with Crippen LogP contribution in [0.15, 0.2) is 12.3 Å². The SMILES string of the molecule is CC1CN(c2nccc(C(=N)N)n2)CC1N(C)C. The fourth-order valence-electron chi connectivity index (χ4n) is 2.44. The van der Waals surface area contributed by atoms with Gasteiger partial charge in [-0.1, -0.05) is 6.92 Å². The van der Waals surface area contributed by atoms with Crippen LogP contribution in [-0.4, -0.2) is 53.9 Å². The number of amidine groups is 1. The number of nitrogens with zero attached hydrogens (tertiary/aromatic N) is 4. The van der Waals surface area contributed by atoms with E-state index in [1.165, 1.54) is 0 Å². The van der Waals surface area contributed by atoms with Crippen molar-refractivity contribution in [1.29, 1.82) is 5.41 Å². The van der Waals surface area contributed by atoms with Crippen molar-refractivity contribution in [3.63, 3.8) is 0 Å². The summed E-state index contributed by atoms with van der Waals surface area (Å²) >= 11 is 0. The maximum Gasteiger partial charge on any atom is 0.226 e. The molecule has 2 atom stereocenters. The van der Waals surface area contributed by atoms with E-state index < -0.39 is 0 Å². The average molecular weight is 248 g/mol. The molecule has 18 heavy (non-hydrogen) atoms. The van der Waals surface area contributed by atoms with Gasteiger partial charge in [-0.15, -0.1) is 0 Å². The molecule has 0 spiro atoms. The lowest BCUT2D eigenvalue weighted by Crippen LogP contribution is -2.34. The molecule has 2 heterocycles. The van der Waals surface area contributed by atoms with Crippen LogP contribution in [0.1, 0.15) is 12.6 Å². The smallest absolute Gasteiger partial charge is 0.226 e. The topological polar surface area (TPSA) is 82.1 Å². The van der Waals surface area contributed by atoms with Crippen molar-refractivity contribution < 1.29 is 0 Å². The second-order valence-electron chi connectivity index (χ2n) is 5.07. The molecule has 1 fully saturated rings. The number of nitrogens with one attached hydrogen (secondary N) is 1. The van der Waals surface area contributed by atoms with Crippen molar-refractivity contribution in [3.05, 3.63) is 18.0 Å². The van der Waals surface area contributed by atoms with Crippen molar-refractivity contribution in [3.8, 4) is 0 Å². The molecule has 0 bridgehead atoms. The van der Waals surface area contributed by atoms with Gasteiger partial charge in [0, 0.05) is 25.3 Å². The van der Waals surface area contributed by atoms with E-state index in [1.807, 2.05) is 0 Å². The van der Waals surface area contributed by atoms with E-state index in [-0.39, 0.29) is 5.84 Å². The minimum atomic E-state index is -0.0185. The summed E-state index contributed by atoms with van der Waals surface area (Å²) in [5.41, 5.74) is 5.94. The van der Waals surface area contributed by atoms with E-state index in [2.05, 4.69) is 40.8 Å². The summed E-state index contributed by atoms with van der Waals surface area (Å²) in [6.07, 6.45) is 1.66. The zero-order valence-electron chi connectivity index (χ0n) is 11.1. The van der Waals surface area contributed by atoms with E-state index in [0.717, 1.165) is 13.1 Å². The third kappa shape index (κ3) is 2.43. The predicted molar refractivity (Wildman–Crippen MR) is 71.9 cm³/mol. The molecule has 0 saturated carbocycles. The highest BCUT2D eigenvalue weighted by atomic mass is 15.3. The van der Waals surface area contributed by atoms with Crippen LogP contribution in [0.2, 0.25) is 0 Å². The number of hydrogen-bond acceptors (Lipinski definition) is 5. The van der Waals surface area contributed by atoms with Gasteiger partial charge in [0.1, 0.15) is 11.5 Å². The lowest BCUT2D eigenvalue weighted by Gasteiger charge is -2.22. The quantitative estimate of drug-likeness (QED) is 0.587. The summed E-state index contributed by atoms with van der Waals surface area (Å²) in [4.78, 5) is 13.0. The molecule has 3 N–H and O–H groups in total. The van der Waals surface area contributed by atoms with E-state index in [1.54, 1.807) is 12.3 Å². The van der Waals surface area contributed by atoms with Gasteiger partial charge in [-0.05, 0) is 26.1 Å². The van der Waals surface area contributed by atoms with Crippen molar-refractivity contribution in [2.24, 2.45) is 11.7 Å². The monoisotopic (exact) mass is 248 g/mol. The molecule has 2 unspecified atom stereocenters. The van der Waals surface area contributed by atoms with E-state index in [0.29, 0.717) is 23.6 Å². The Hall–Kier alpha value is -1.69. The molecule has 1 saturated heterocycles. The van der Waals surface area contributed by atoms with Crippen LogP contribution >= 0.6 is 0 Å². The molecule has 1 aromatic heterocycles. The van der Waals surface area contributed by atoms with Crippen LogP contribution < -0.4 is 10.6 Å². The van der Waals surface area contributed by atoms with Gasteiger partial charge in [-0.2, -0.15) is 0 Å². The zero-order valence-corrected chi connectivity index (χ0v) is 11.1. The Balaban J connectivity index is 2.18. The fourth-order valence-corrected chi connectivity index (χ4v) is 2.44. The molecule has 0 amide bonds. The Labute approximate surface area is 107 Å². The summed E-state index contributed by atoms with van der Waals surface area (Å²) in [6, 6.07) is 2.17. The number of aromatic nitrogens is 2. The van der Waals surface area contributed by atoms with Crippen LogP contribution in [0.25, 0.3) is 0 Å². The molecule has 1 aliphatic heterocycles. The largest absolute Gasteiger partial charge is 0.382 e. The van der Waals surface area contributed by atoms with E-state index >= 15 is 0 Å². The molecule has 6 nitrogen and oxygen atoms in total. The van der Waals surface area contributed by atoms with Crippen molar-refractivity contribution in [2.75, 3.05) is 32.1 Å². The number of anilines is 1. The van der Waals surface area contributed by atoms with Crippen LogP contribution in [-0.2, 0) is 0 Å². The maximum absolute atomic E-state index is 7.41. The lowest BCUT2D eigenvalue weighted by molar-refractivity contribution is 0.266. The van der Waals surface area contributed by atoms with Crippen LogP contribution in [0.3, 0.4) is 0 Å². The summed E-state index contributed by atoms with van der Waals surface area (Å²) < 4.78 is 0. The number of hydrogen-bond donors (Lipinski definition) is 2. The molecule has 1 aliphatic rings. The highest BCUT2D eigenvalue weighted by Crippen LogP contribution is 2.23. The van der Waals surface area contributed by atoms with Gasteiger partial charge in [0.15, 0.2) is 0 Å².